The van der Waals surface area contributed by atoms with E-state index in [1.807, 2.05) is 24.3 Å². The molecule has 0 spiro atoms. The van der Waals surface area contributed by atoms with Crippen LogP contribution in [-0.2, 0) is 6.42 Å². The Kier molecular flexibility index (Phi) is 5.33. The molecule has 22 heavy (non-hydrogen) atoms. The lowest BCUT2D eigenvalue weighted by molar-refractivity contribution is 0.414. The van der Waals surface area contributed by atoms with Gasteiger partial charge < -0.3 is 14.4 Å². The van der Waals surface area contributed by atoms with Crippen molar-refractivity contribution in [2.45, 2.75) is 6.42 Å². The molecule has 116 valence electrons. The molecule has 0 aliphatic heterocycles. The van der Waals surface area contributed by atoms with Crippen LogP contribution in [0.4, 0.5) is 4.39 Å². The maximum atomic E-state index is 13.5. The standard InChI is InChI=1S/C17H18FNO2S/c1-19(2)17(22)21-16-9-6-14(18)11-13(16)10-12-4-7-15(20-3)8-5-12/h4-9,11H,10H2,1-3H3. The highest BCUT2D eigenvalue weighted by atomic mass is 32.1. The summed E-state index contributed by atoms with van der Waals surface area (Å²) in [5, 5.41) is 0.336. The number of ether oxygens (including phenoxy) is 2. The lowest BCUT2D eigenvalue weighted by Gasteiger charge is -2.16. The quantitative estimate of drug-likeness (QED) is 0.802. The predicted molar refractivity (Wildman–Crippen MR) is 89.1 cm³/mol. The summed E-state index contributed by atoms with van der Waals surface area (Å²) < 4.78 is 24.3. The zero-order valence-electron chi connectivity index (χ0n) is 12.8. The van der Waals surface area contributed by atoms with Gasteiger partial charge >= 0.3 is 0 Å². The Balaban J connectivity index is 2.24. The molecule has 0 saturated carbocycles. The van der Waals surface area contributed by atoms with E-state index in [1.54, 1.807) is 32.2 Å². The van der Waals surface area contributed by atoms with Gasteiger partial charge in [0.15, 0.2) is 0 Å². The summed E-state index contributed by atoms with van der Waals surface area (Å²) in [4.78, 5) is 1.69. The second kappa shape index (κ2) is 7.22. The maximum Gasteiger partial charge on any atom is 0.264 e. The van der Waals surface area contributed by atoms with Gasteiger partial charge in [-0.3, -0.25) is 0 Å². The van der Waals surface area contributed by atoms with Gasteiger partial charge in [0.25, 0.3) is 5.17 Å². The fourth-order valence-corrected chi connectivity index (χ4v) is 2.02. The minimum absolute atomic E-state index is 0.299. The zero-order valence-corrected chi connectivity index (χ0v) is 13.6. The summed E-state index contributed by atoms with van der Waals surface area (Å²) in [7, 11) is 5.22. The minimum Gasteiger partial charge on any atom is -0.497 e. The highest BCUT2D eigenvalue weighted by Gasteiger charge is 2.10. The number of nitrogens with zero attached hydrogens (tertiary/aromatic N) is 1. The highest BCUT2D eigenvalue weighted by molar-refractivity contribution is 7.80. The summed E-state index contributed by atoms with van der Waals surface area (Å²) >= 11 is 5.14. The van der Waals surface area contributed by atoms with E-state index >= 15 is 0 Å². The van der Waals surface area contributed by atoms with Crippen molar-refractivity contribution in [3.8, 4) is 11.5 Å². The van der Waals surface area contributed by atoms with Gasteiger partial charge in [-0.25, -0.2) is 4.39 Å². The first-order valence-electron chi connectivity index (χ1n) is 6.80. The van der Waals surface area contributed by atoms with Gasteiger partial charge in [-0.15, -0.1) is 0 Å². The Morgan fingerprint density at radius 1 is 1.14 bits per heavy atom. The second-order valence-electron chi connectivity index (χ2n) is 5.04. The Morgan fingerprint density at radius 3 is 2.41 bits per heavy atom. The van der Waals surface area contributed by atoms with Crippen LogP contribution in [0.5, 0.6) is 11.5 Å². The molecule has 0 saturated heterocycles. The van der Waals surface area contributed by atoms with Crippen LogP contribution in [0.1, 0.15) is 11.1 Å². The summed E-state index contributed by atoms with van der Waals surface area (Å²) in [6.07, 6.45) is 0.549. The first-order valence-corrected chi connectivity index (χ1v) is 7.21. The molecule has 0 atom stereocenters. The van der Waals surface area contributed by atoms with E-state index in [4.69, 9.17) is 21.7 Å². The molecule has 0 N–H and O–H groups in total. The van der Waals surface area contributed by atoms with E-state index in [-0.39, 0.29) is 5.82 Å². The van der Waals surface area contributed by atoms with Crippen molar-refractivity contribution in [1.82, 2.24) is 4.90 Å². The van der Waals surface area contributed by atoms with Crippen LogP contribution in [-0.4, -0.2) is 31.3 Å². The Labute approximate surface area is 135 Å². The van der Waals surface area contributed by atoms with Crippen molar-refractivity contribution in [3.63, 3.8) is 0 Å². The lowest BCUT2D eigenvalue weighted by atomic mass is 10.0. The number of benzene rings is 2. The molecule has 0 bridgehead atoms. The average Bonchev–Trinajstić information content (AvgIpc) is 2.50. The molecule has 3 nitrogen and oxygen atoms in total. The Hall–Kier alpha value is -2.14. The monoisotopic (exact) mass is 319 g/mol. The molecule has 0 amide bonds. The van der Waals surface area contributed by atoms with Crippen LogP contribution in [0, 0.1) is 5.82 Å². The van der Waals surface area contributed by atoms with Gasteiger partial charge in [0.1, 0.15) is 17.3 Å². The second-order valence-corrected chi connectivity index (χ2v) is 5.39. The fourth-order valence-electron chi connectivity index (χ4n) is 1.93. The van der Waals surface area contributed by atoms with Crippen LogP contribution < -0.4 is 9.47 Å². The summed E-state index contributed by atoms with van der Waals surface area (Å²) in [5.74, 6) is 1.05. The number of rotatable bonds is 4. The average molecular weight is 319 g/mol. The SMILES string of the molecule is COc1ccc(Cc2cc(F)ccc2OC(=S)N(C)C)cc1. The largest absolute Gasteiger partial charge is 0.497 e. The number of thiocarbonyl (C=S) groups is 1. The molecule has 5 heteroatoms. The summed E-state index contributed by atoms with van der Waals surface area (Å²) in [6, 6.07) is 12.1. The number of methoxy groups -OCH3 is 1. The maximum absolute atomic E-state index is 13.5. The third-order valence-electron chi connectivity index (χ3n) is 3.14. The smallest absolute Gasteiger partial charge is 0.264 e. The van der Waals surface area contributed by atoms with Crippen molar-refractivity contribution in [1.29, 1.82) is 0 Å². The summed E-state index contributed by atoms with van der Waals surface area (Å²) in [6.45, 7) is 0. The van der Waals surface area contributed by atoms with E-state index in [9.17, 15) is 4.39 Å². The van der Waals surface area contributed by atoms with Crippen LogP contribution in [0.2, 0.25) is 0 Å². The van der Waals surface area contributed by atoms with Gasteiger partial charge in [-0.05, 0) is 48.1 Å². The first kappa shape index (κ1) is 16.2. The van der Waals surface area contributed by atoms with E-state index < -0.39 is 0 Å². The van der Waals surface area contributed by atoms with Crippen molar-refractivity contribution < 1.29 is 13.9 Å². The Bertz CT molecular complexity index is 656. The predicted octanol–water partition coefficient (Wildman–Crippen LogP) is 3.65. The van der Waals surface area contributed by atoms with Crippen LogP contribution in [0.15, 0.2) is 42.5 Å². The molecule has 2 aromatic rings. The van der Waals surface area contributed by atoms with Gasteiger partial charge in [-0.2, -0.15) is 0 Å². The molecule has 0 aliphatic carbocycles. The van der Waals surface area contributed by atoms with E-state index in [2.05, 4.69) is 0 Å². The highest BCUT2D eigenvalue weighted by Crippen LogP contribution is 2.24. The minimum atomic E-state index is -0.299. The number of hydrogen-bond acceptors (Lipinski definition) is 3. The molecular weight excluding hydrogens is 301 g/mol. The third-order valence-corrected chi connectivity index (χ3v) is 3.59. The lowest BCUT2D eigenvalue weighted by Crippen LogP contribution is -2.25. The van der Waals surface area contributed by atoms with E-state index in [0.717, 1.165) is 16.9 Å². The topological polar surface area (TPSA) is 21.7 Å². The fraction of sp³-hybridized carbons (Fsp3) is 0.235. The molecule has 0 unspecified atom stereocenters. The number of halogens is 1. The van der Waals surface area contributed by atoms with Gasteiger partial charge in [0, 0.05) is 26.1 Å². The van der Waals surface area contributed by atoms with Crippen LogP contribution in [0.3, 0.4) is 0 Å². The van der Waals surface area contributed by atoms with Crippen LogP contribution in [0.25, 0.3) is 0 Å². The van der Waals surface area contributed by atoms with Crippen molar-refractivity contribution in [2.75, 3.05) is 21.2 Å². The molecular formula is C17H18FNO2S. The normalized spacial score (nSPS) is 10.2. The van der Waals surface area contributed by atoms with Crippen molar-refractivity contribution >= 4 is 17.4 Å². The Morgan fingerprint density at radius 2 is 1.82 bits per heavy atom. The van der Waals surface area contributed by atoms with Crippen molar-refractivity contribution in [2.24, 2.45) is 0 Å². The van der Waals surface area contributed by atoms with E-state index in [0.29, 0.717) is 17.3 Å². The molecule has 0 aromatic heterocycles. The molecule has 0 fully saturated rings. The molecule has 0 heterocycles. The zero-order chi connectivity index (χ0) is 16.1. The molecule has 0 radical (unpaired) electrons. The molecule has 2 aromatic carbocycles. The molecule has 2 rings (SSSR count). The van der Waals surface area contributed by atoms with Crippen LogP contribution >= 0.6 is 12.2 Å². The van der Waals surface area contributed by atoms with Gasteiger partial charge in [0.2, 0.25) is 0 Å². The first-order chi connectivity index (χ1) is 10.5. The summed E-state index contributed by atoms with van der Waals surface area (Å²) in [5.41, 5.74) is 1.78. The third kappa shape index (κ3) is 4.18. The molecule has 0 aliphatic rings. The van der Waals surface area contributed by atoms with E-state index in [1.165, 1.54) is 12.1 Å². The number of hydrogen-bond donors (Lipinski definition) is 0. The van der Waals surface area contributed by atoms with Gasteiger partial charge in [0.05, 0.1) is 7.11 Å². The van der Waals surface area contributed by atoms with Crippen molar-refractivity contribution in [3.05, 3.63) is 59.4 Å². The van der Waals surface area contributed by atoms with Gasteiger partial charge in [-0.1, -0.05) is 12.1 Å².